The quantitative estimate of drug-likeness (QED) is 0.410. The maximum absolute atomic E-state index is 13.1. The monoisotopic (exact) mass is 365 g/mol. The Kier molecular flexibility index (Phi) is 3.84. The minimum atomic E-state index is -0.189. The molecule has 3 heterocycles. The number of nitrogens with zero attached hydrogens (tertiary/aromatic N) is 5. The predicted octanol–water partition coefficient (Wildman–Crippen LogP) is 2.66. The molecule has 0 radical (unpaired) electrons. The minimum Gasteiger partial charge on any atom is -0.295 e. The number of carbonyl (C=O) groups excluding carboxylic acids is 1. The van der Waals surface area contributed by atoms with Gasteiger partial charge in [0, 0.05) is 17.4 Å². The average molecular weight is 365 g/mol. The summed E-state index contributed by atoms with van der Waals surface area (Å²) in [5, 5.41) is 5.49. The molecule has 7 nitrogen and oxygen atoms in total. The summed E-state index contributed by atoms with van der Waals surface area (Å²) in [6.07, 6.45) is 3.59. The highest BCUT2D eigenvalue weighted by atomic mass is 32.2. The van der Waals surface area contributed by atoms with Crippen molar-refractivity contribution in [3.05, 3.63) is 58.1 Å². The van der Waals surface area contributed by atoms with Gasteiger partial charge in [-0.05, 0) is 50.4 Å². The zero-order chi connectivity index (χ0) is 18.4. The van der Waals surface area contributed by atoms with E-state index in [1.54, 1.807) is 46.5 Å². The van der Waals surface area contributed by atoms with Crippen LogP contribution in [0.1, 0.15) is 23.0 Å². The number of benzene rings is 1. The highest BCUT2D eigenvalue weighted by Gasteiger charge is 2.15. The second kappa shape index (κ2) is 6.06. The fourth-order valence-electron chi connectivity index (χ4n) is 2.91. The van der Waals surface area contributed by atoms with Crippen LogP contribution in [0.25, 0.3) is 22.4 Å². The van der Waals surface area contributed by atoms with Crippen molar-refractivity contribution in [3.63, 3.8) is 0 Å². The molecule has 0 saturated heterocycles. The third kappa shape index (κ3) is 2.50. The van der Waals surface area contributed by atoms with Crippen LogP contribution in [-0.2, 0) is 0 Å². The van der Waals surface area contributed by atoms with Crippen molar-refractivity contribution in [1.82, 2.24) is 24.1 Å². The fraction of sp³-hybridized carbons (Fsp3) is 0.167. The molecule has 0 amide bonds. The van der Waals surface area contributed by atoms with Crippen LogP contribution >= 0.6 is 11.8 Å². The minimum absolute atomic E-state index is 0.0133. The van der Waals surface area contributed by atoms with Gasteiger partial charge in [0.05, 0.1) is 16.6 Å². The molecule has 0 spiro atoms. The molecule has 130 valence electrons. The first-order valence-corrected chi connectivity index (χ1v) is 9.16. The molecule has 0 fully saturated rings. The zero-order valence-corrected chi connectivity index (χ0v) is 15.2. The molecule has 0 N–H and O–H groups in total. The van der Waals surface area contributed by atoms with Crippen LogP contribution in [0.3, 0.4) is 0 Å². The second-order valence-corrected chi connectivity index (χ2v) is 6.64. The summed E-state index contributed by atoms with van der Waals surface area (Å²) in [5.74, 6) is 0.461. The molecule has 0 bridgehead atoms. The Morgan fingerprint density at radius 3 is 2.50 bits per heavy atom. The van der Waals surface area contributed by atoms with Gasteiger partial charge in [0.25, 0.3) is 11.3 Å². The highest BCUT2D eigenvalue weighted by Crippen LogP contribution is 2.18. The number of hydrogen-bond acceptors (Lipinski definition) is 6. The Morgan fingerprint density at radius 2 is 1.85 bits per heavy atom. The van der Waals surface area contributed by atoms with E-state index in [0.717, 1.165) is 0 Å². The Bertz CT molecular complexity index is 1220. The van der Waals surface area contributed by atoms with Gasteiger partial charge >= 0.3 is 0 Å². The molecular formula is C18H15N5O2S. The van der Waals surface area contributed by atoms with Crippen molar-refractivity contribution < 1.29 is 4.79 Å². The maximum Gasteiger partial charge on any atom is 0.266 e. The molecule has 4 aromatic rings. The second-order valence-electron chi connectivity index (χ2n) is 5.86. The number of Topliss-reactive ketones (excluding diaryl/α,β-unsaturated/α-hetero) is 1. The first-order chi connectivity index (χ1) is 12.5. The topological polar surface area (TPSA) is 82.1 Å². The lowest BCUT2D eigenvalue weighted by Gasteiger charge is -2.09. The number of hydrogen-bond donors (Lipinski definition) is 0. The predicted molar refractivity (Wildman–Crippen MR) is 100 cm³/mol. The van der Waals surface area contributed by atoms with Crippen molar-refractivity contribution in [2.75, 3.05) is 6.26 Å². The van der Waals surface area contributed by atoms with E-state index >= 15 is 0 Å². The van der Waals surface area contributed by atoms with Crippen molar-refractivity contribution in [2.45, 2.75) is 19.0 Å². The molecule has 0 aliphatic heterocycles. The van der Waals surface area contributed by atoms with Crippen LogP contribution in [0.4, 0.5) is 0 Å². The molecule has 26 heavy (non-hydrogen) atoms. The van der Waals surface area contributed by atoms with Gasteiger partial charge in [-0.25, -0.2) is 4.98 Å². The Balaban J connectivity index is 1.97. The first-order valence-electron chi connectivity index (χ1n) is 7.93. The summed E-state index contributed by atoms with van der Waals surface area (Å²) < 4.78 is 3.14. The molecule has 3 aromatic heterocycles. The molecular weight excluding hydrogens is 350 g/mol. The zero-order valence-electron chi connectivity index (χ0n) is 14.4. The molecule has 8 heteroatoms. The van der Waals surface area contributed by atoms with Crippen molar-refractivity contribution in [2.24, 2.45) is 0 Å². The van der Waals surface area contributed by atoms with E-state index in [-0.39, 0.29) is 11.3 Å². The fourth-order valence-corrected chi connectivity index (χ4v) is 3.25. The van der Waals surface area contributed by atoms with Gasteiger partial charge in [0.2, 0.25) is 5.16 Å². The van der Waals surface area contributed by atoms with E-state index in [2.05, 4.69) is 15.1 Å². The summed E-state index contributed by atoms with van der Waals surface area (Å²) >= 11 is 1.42. The summed E-state index contributed by atoms with van der Waals surface area (Å²) in [5.41, 5.74) is 2.37. The lowest BCUT2D eigenvalue weighted by atomic mass is 10.1. The summed E-state index contributed by atoms with van der Waals surface area (Å²) in [4.78, 5) is 33.3. The van der Waals surface area contributed by atoms with E-state index in [9.17, 15) is 9.59 Å². The number of aromatic nitrogens is 5. The molecule has 0 saturated carbocycles. The Labute approximate surface area is 152 Å². The largest absolute Gasteiger partial charge is 0.295 e. The number of carbonyl (C=O) groups is 1. The molecule has 0 atom stereocenters. The number of rotatable bonds is 3. The van der Waals surface area contributed by atoms with Crippen LogP contribution in [-0.4, -0.2) is 36.2 Å². The lowest BCUT2D eigenvalue weighted by Crippen LogP contribution is -2.20. The lowest BCUT2D eigenvalue weighted by molar-refractivity contribution is 0.101. The number of ketones is 1. The van der Waals surface area contributed by atoms with Crippen LogP contribution in [0, 0.1) is 6.92 Å². The van der Waals surface area contributed by atoms with Gasteiger partial charge in [0.1, 0.15) is 0 Å². The van der Waals surface area contributed by atoms with Crippen molar-refractivity contribution in [3.8, 4) is 5.69 Å². The molecule has 1 aromatic carbocycles. The third-order valence-corrected chi connectivity index (χ3v) is 4.77. The first kappa shape index (κ1) is 16.5. The molecule has 4 rings (SSSR count). The van der Waals surface area contributed by atoms with E-state index in [0.29, 0.717) is 38.8 Å². The number of pyridine rings is 1. The van der Waals surface area contributed by atoms with Gasteiger partial charge < -0.3 is 0 Å². The normalized spacial score (nSPS) is 11.3. The maximum atomic E-state index is 13.1. The average Bonchev–Trinajstić information content (AvgIpc) is 3.05. The van der Waals surface area contributed by atoms with Crippen molar-refractivity contribution in [1.29, 1.82) is 0 Å². The van der Waals surface area contributed by atoms with Crippen LogP contribution in [0.2, 0.25) is 0 Å². The standard InChI is InChI=1S/C18H15N5O2S/c1-10-15-14(23-17(19-10)20-18(21-23)26-3)8-9-22(16(15)25)13-6-4-12(5-7-13)11(2)24/h4-9H,1-3H3. The van der Waals surface area contributed by atoms with E-state index in [4.69, 9.17) is 0 Å². The highest BCUT2D eigenvalue weighted by molar-refractivity contribution is 7.98. The van der Waals surface area contributed by atoms with Gasteiger partial charge in [0.15, 0.2) is 5.78 Å². The third-order valence-electron chi connectivity index (χ3n) is 4.23. The van der Waals surface area contributed by atoms with Crippen LogP contribution in [0.5, 0.6) is 0 Å². The summed E-state index contributed by atoms with van der Waals surface area (Å²) in [7, 11) is 0. The summed E-state index contributed by atoms with van der Waals surface area (Å²) in [6, 6.07) is 8.77. The number of fused-ring (bicyclic) bond motifs is 3. The number of aryl methyl sites for hydroxylation is 1. The van der Waals surface area contributed by atoms with E-state index in [1.807, 2.05) is 12.3 Å². The SMILES string of the molecule is CSc1nc2nc(C)c3c(=O)n(-c4ccc(C(C)=O)cc4)ccc3n2n1. The van der Waals surface area contributed by atoms with Gasteiger partial charge in [-0.1, -0.05) is 11.8 Å². The van der Waals surface area contributed by atoms with E-state index < -0.39 is 0 Å². The molecule has 0 aliphatic carbocycles. The van der Waals surface area contributed by atoms with Gasteiger partial charge in [-0.3, -0.25) is 14.2 Å². The Morgan fingerprint density at radius 1 is 1.12 bits per heavy atom. The Hall–Kier alpha value is -3.00. The van der Waals surface area contributed by atoms with Crippen molar-refractivity contribution >= 4 is 34.2 Å². The van der Waals surface area contributed by atoms with Gasteiger partial charge in [-0.15, -0.1) is 5.10 Å². The van der Waals surface area contributed by atoms with Crippen LogP contribution in [0.15, 0.2) is 46.5 Å². The smallest absolute Gasteiger partial charge is 0.266 e. The molecule has 0 unspecified atom stereocenters. The number of thioether (sulfide) groups is 1. The summed E-state index contributed by atoms with van der Waals surface area (Å²) in [6.45, 7) is 3.30. The van der Waals surface area contributed by atoms with Crippen LogP contribution < -0.4 is 5.56 Å². The van der Waals surface area contributed by atoms with Gasteiger partial charge in [-0.2, -0.15) is 9.50 Å². The molecule has 0 aliphatic rings. The van der Waals surface area contributed by atoms with E-state index in [1.165, 1.54) is 18.7 Å².